The maximum atomic E-state index is 13.4. The van der Waals surface area contributed by atoms with Gasteiger partial charge in [0.1, 0.15) is 11.5 Å². The van der Waals surface area contributed by atoms with Crippen molar-refractivity contribution in [3.8, 4) is 5.75 Å². The number of rotatable bonds is 8. The van der Waals surface area contributed by atoms with Crippen molar-refractivity contribution in [2.75, 3.05) is 11.5 Å². The van der Waals surface area contributed by atoms with Crippen LogP contribution in [0.3, 0.4) is 0 Å². The highest BCUT2D eigenvalue weighted by molar-refractivity contribution is 9.10. The molecule has 1 atom stereocenters. The zero-order valence-corrected chi connectivity index (χ0v) is 24.3. The monoisotopic (exact) mass is 621 g/mol. The molecule has 4 aromatic rings. The Kier molecular flexibility index (Phi) is 8.15. The van der Waals surface area contributed by atoms with E-state index in [4.69, 9.17) is 4.74 Å². The standard InChI is InChI=1S/C29H24BrN3O4S2/c1-3-37-22-14-10-20(11-15-22)25(34)23-24(19-8-12-21(30)13-9-19)33(27(36)26(23)35)28-31-32-29(39-28)38-16-18-6-4-17(2)5-7-18/h4-15,24,34H,3,16H2,1-2H3/b25-23-. The van der Waals surface area contributed by atoms with Crippen molar-refractivity contribution in [2.45, 2.75) is 30.0 Å². The summed E-state index contributed by atoms with van der Waals surface area (Å²) in [7, 11) is 0. The Balaban J connectivity index is 1.51. The first-order chi connectivity index (χ1) is 18.9. The van der Waals surface area contributed by atoms with Crippen LogP contribution in [0.5, 0.6) is 5.75 Å². The van der Waals surface area contributed by atoms with Crippen molar-refractivity contribution in [3.63, 3.8) is 0 Å². The van der Waals surface area contributed by atoms with Crippen LogP contribution in [0.1, 0.15) is 35.2 Å². The maximum Gasteiger partial charge on any atom is 0.301 e. The number of carbonyl (C=O) groups is 2. The Morgan fingerprint density at radius 1 is 1.03 bits per heavy atom. The Morgan fingerprint density at radius 2 is 1.72 bits per heavy atom. The number of hydrogen-bond donors (Lipinski definition) is 1. The predicted octanol–water partition coefficient (Wildman–Crippen LogP) is 6.93. The van der Waals surface area contributed by atoms with Gasteiger partial charge in [-0.3, -0.25) is 14.5 Å². The van der Waals surface area contributed by atoms with Crippen LogP contribution >= 0.6 is 39.0 Å². The number of carbonyl (C=O) groups excluding carboxylic acids is 2. The minimum absolute atomic E-state index is 0.00413. The fraction of sp³-hybridized carbons (Fsp3) is 0.172. The van der Waals surface area contributed by atoms with E-state index < -0.39 is 17.7 Å². The van der Waals surface area contributed by atoms with Gasteiger partial charge in [-0.25, -0.2) is 0 Å². The SMILES string of the molecule is CCOc1ccc(/C(O)=C2/C(=O)C(=O)N(c3nnc(SCc4ccc(C)cc4)s3)C2c2ccc(Br)cc2)cc1. The van der Waals surface area contributed by atoms with Gasteiger partial charge in [0.2, 0.25) is 5.13 Å². The topological polar surface area (TPSA) is 92.6 Å². The van der Waals surface area contributed by atoms with Crippen LogP contribution in [0.15, 0.2) is 87.2 Å². The molecule has 1 aliphatic heterocycles. The zero-order valence-electron chi connectivity index (χ0n) is 21.1. The molecule has 0 saturated carbocycles. The van der Waals surface area contributed by atoms with Crippen LogP contribution < -0.4 is 9.64 Å². The summed E-state index contributed by atoms with van der Waals surface area (Å²) in [6.45, 7) is 4.43. The number of aliphatic hydroxyl groups excluding tert-OH is 1. The number of aromatic nitrogens is 2. The third-order valence-electron chi connectivity index (χ3n) is 6.15. The molecule has 1 aromatic heterocycles. The summed E-state index contributed by atoms with van der Waals surface area (Å²) < 4.78 is 7.01. The summed E-state index contributed by atoms with van der Waals surface area (Å²) >= 11 is 6.19. The van der Waals surface area contributed by atoms with Crippen LogP contribution in [-0.2, 0) is 15.3 Å². The Labute approximate surface area is 242 Å². The van der Waals surface area contributed by atoms with Crippen molar-refractivity contribution in [2.24, 2.45) is 0 Å². The average Bonchev–Trinajstić information content (AvgIpc) is 3.51. The molecule has 1 amide bonds. The van der Waals surface area contributed by atoms with Crippen molar-refractivity contribution in [1.29, 1.82) is 0 Å². The number of aryl methyl sites for hydroxylation is 1. The molecule has 1 fully saturated rings. The molecular formula is C29H24BrN3O4S2. The number of thioether (sulfide) groups is 1. The first kappa shape index (κ1) is 27.1. The fourth-order valence-electron chi connectivity index (χ4n) is 4.21. The summed E-state index contributed by atoms with van der Waals surface area (Å²) in [5.41, 5.74) is 3.40. The second-order valence-electron chi connectivity index (χ2n) is 8.80. The molecule has 1 N–H and O–H groups in total. The molecule has 1 saturated heterocycles. The molecule has 0 radical (unpaired) electrons. The highest BCUT2D eigenvalue weighted by Gasteiger charge is 2.48. The van der Waals surface area contributed by atoms with E-state index >= 15 is 0 Å². The smallest absolute Gasteiger partial charge is 0.301 e. The van der Waals surface area contributed by atoms with Gasteiger partial charge in [-0.1, -0.05) is 81.0 Å². The average molecular weight is 623 g/mol. The number of hydrogen-bond acceptors (Lipinski definition) is 8. The van der Waals surface area contributed by atoms with Gasteiger partial charge >= 0.3 is 5.91 Å². The van der Waals surface area contributed by atoms with Gasteiger partial charge in [0, 0.05) is 15.8 Å². The summed E-state index contributed by atoms with van der Waals surface area (Å²) in [6, 6.07) is 21.4. The van der Waals surface area contributed by atoms with E-state index in [9.17, 15) is 14.7 Å². The quantitative estimate of drug-likeness (QED) is 0.0750. The van der Waals surface area contributed by atoms with Crippen molar-refractivity contribution in [1.82, 2.24) is 10.2 Å². The van der Waals surface area contributed by atoms with Crippen molar-refractivity contribution < 1.29 is 19.4 Å². The molecule has 2 heterocycles. The Hall–Kier alpha value is -3.47. The van der Waals surface area contributed by atoms with Gasteiger partial charge < -0.3 is 9.84 Å². The van der Waals surface area contributed by atoms with Gasteiger partial charge in [0.05, 0.1) is 18.2 Å². The lowest BCUT2D eigenvalue weighted by Crippen LogP contribution is -2.29. The molecule has 1 aliphatic rings. The Bertz CT molecular complexity index is 1530. The molecule has 0 aliphatic carbocycles. The molecule has 5 rings (SSSR count). The van der Waals surface area contributed by atoms with E-state index in [2.05, 4.69) is 50.4 Å². The summed E-state index contributed by atoms with van der Waals surface area (Å²) in [5.74, 6) is -0.462. The zero-order chi connectivity index (χ0) is 27.5. The van der Waals surface area contributed by atoms with Gasteiger partial charge in [-0.2, -0.15) is 0 Å². The second kappa shape index (κ2) is 11.7. The number of aliphatic hydroxyl groups is 1. The van der Waals surface area contributed by atoms with E-state index in [1.54, 1.807) is 24.3 Å². The first-order valence-corrected chi connectivity index (χ1v) is 14.8. The van der Waals surface area contributed by atoms with E-state index in [1.807, 2.05) is 38.1 Å². The van der Waals surface area contributed by atoms with Crippen LogP contribution in [0, 0.1) is 6.92 Å². The third kappa shape index (κ3) is 5.78. The number of anilines is 1. The normalized spacial score (nSPS) is 16.6. The molecule has 0 spiro atoms. The van der Waals surface area contributed by atoms with E-state index in [1.165, 1.54) is 33.6 Å². The van der Waals surface area contributed by atoms with Crippen LogP contribution in [-0.4, -0.2) is 33.6 Å². The number of amides is 1. The first-order valence-electron chi connectivity index (χ1n) is 12.2. The number of nitrogens with zero attached hydrogens (tertiary/aromatic N) is 3. The van der Waals surface area contributed by atoms with Crippen LogP contribution in [0.4, 0.5) is 5.13 Å². The second-order valence-corrected chi connectivity index (χ2v) is 11.9. The highest BCUT2D eigenvalue weighted by Crippen LogP contribution is 2.44. The predicted molar refractivity (Wildman–Crippen MR) is 157 cm³/mol. The lowest BCUT2D eigenvalue weighted by Gasteiger charge is -2.22. The summed E-state index contributed by atoms with van der Waals surface area (Å²) in [5, 5.41) is 20.2. The number of halogens is 1. The molecule has 1 unspecified atom stereocenters. The number of Topliss-reactive ketones (excluding diaryl/α,β-unsaturated/α-hetero) is 1. The maximum absolute atomic E-state index is 13.4. The van der Waals surface area contributed by atoms with Gasteiger partial charge in [0.25, 0.3) is 5.78 Å². The largest absolute Gasteiger partial charge is 0.507 e. The van der Waals surface area contributed by atoms with Gasteiger partial charge in [0.15, 0.2) is 4.34 Å². The minimum atomic E-state index is -0.868. The minimum Gasteiger partial charge on any atom is -0.507 e. The number of benzene rings is 3. The number of ketones is 1. The molecule has 198 valence electrons. The summed E-state index contributed by atoms with van der Waals surface area (Å²) in [6.07, 6.45) is 0. The lowest BCUT2D eigenvalue weighted by molar-refractivity contribution is -0.132. The lowest BCUT2D eigenvalue weighted by atomic mass is 9.95. The van der Waals surface area contributed by atoms with Crippen molar-refractivity contribution >= 4 is 61.6 Å². The fourth-order valence-corrected chi connectivity index (χ4v) is 6.30. The van der Waals surface area contributed by atoms with E-state index in [-0.39, 0.29) is 11.3 Å². The van der Waals surface area contributed by atoms with Gasteiger partial charge in [-0.15, -0.1) is 10.2 Å². The molecule has 7 nitrogen and oxygen atoms in total. The van der Waals surface area contributed by atoms with E-state index in [0.717, 1.165) is 10.0 Å². The molecular weight excluding hydrogens is 598 g/mol. The Morgan fingerprint density at radius 3 is 2.38 bits per heavy atom. The summed E-state index contributed by atoms with van der Waals surface area (Å²) in [4.78, 5) is 28.1. The molecule has 39 heavy (non-hydrogen) atoms. The van der Waals surface area contributed by atoms with Crippen molar-refractivity contribution in [3.05, 3.63) is 105 Å². The van der Waals surface area contributed by atoms with E-state index in [0.29, 0.717) is 38.7 Å². The highest BCUT2D eigenvalue weighted by atomic mass is 79.9. The molecule has 0 bridgehead atoms. The number of ether oxygens (including phenoxy) is 1. The van der Waals surface area contributed by atoms with Gasteiger partial charge in [-0.05, 0) is 61.4 Å². The molecule has 3 aromatic carbocycles. The van der Waals surface area contributed by atoms with Crippen LogP contribution in [0.25, 0.3) is 5.76 Å². The third-order valence-corrected chi connectivity index (χ3v) is 8.81. The van der Waals surface area contributed by atoms with Crippen LogP contribution in [0.2, 0.25) is 0 Å². The molecule has 10 heteroatoms.